The van der Waals surface area contributed by atoms with Crippen LogP contribution >= 0.6 is 0 Å². The number of nitrogens with zero attached hydrogens (tertiary/aromatic N) is 5. The van der Waals surface area contributed by atoms with Gasteiger partial charge in [0.05, 0.1) is 31.9 Å². The first-order chi connectivity index (χ1) is 22.4. The number of benzene rings is 2. The van der Waals surface area contributed by atoms with Crippen molar-refractivity contribution in [3.63, 3.8) is 0 Å². The van der Waals surface area contributed by atoms with Crippen molar-refractivity contribution in [2.24, 2.45) is 0 Å². The van der Waals surface area contributed by atoms with Crippen molar-refractivity contribution < 1.29 is 34.2 Å². The van der Waals surface area contributed by atoms with E-state index in [-0.39, 0.29) is 70.6 Å². The van der Waals surface area contributed by atoms with E-state index >= 15 is 4.39 Å². The number of terminal acetylenes is 1. The van der Waals surface area contributed by atoms with E-state index in [4.69, 9.17) is 24.4 Å². The molecule has 0 amide bonds. The molecule has 2 aromatic heterocycles. The van der Waals surface area contributed by atoms with Crippen LogP contribution in [0.3, 0.4) is 0 Å². The lowest BCUT2D eigenvalue weighted by Gasteiger charge is -2.31. The average molecular weight is 625 g/mol. The third kappa shape index (κ3) is 4.29. The minimum Gasteiger partial charge on any atom is -0.461 e. The van der Waals surface area contributed by atoms with Gasteiger partial charge in [0.25, 0.3) is 0 Å². The van der Waals surface area contributed by atoms with E-state index in [0.29, 0.717) is 19.4 Å². The van der Waals surface area contributed by atoms with Crippen molar-refractivity contribution >= 4 is 33.2 Å². The zero-order valence-electron chi connectivity index (χ0n) is 25.7. The highest BCUT2D eigenvalue weighted by Gasteiger charge is 2.59. The van der Waals surface area contributed by atoms with Crippen LogP contribution in [-0.4, -0.2) is 82.7 Å². The zero-order valence-corrected chi connectivity index (χ0v) is 23.7. The molecular formula is C32H27F5N6O2. The highest BCUT2D eigenvalue weighted by molar-refractivity contribution is 6.04. The van der Waals surface area contributed by atoms with Gasteiger partial charge in [-0.3, -0.25) is 9.88 Å². The summed E-state index contributed by atoms with van der Waals surface area (Å²) in [4.78, 5) is 16.4. The Labute approximate surface area is 257 Å². The summed E-state index contributed by atoms with van der Waals surface area (Å²) < 4.78 is 105. The van der Waals surface area contributed by atoms with Crippen LogP contribution in [0.2, 0.25) is 0 Å². The molecule has 0 bridgehead atoms. The second-order valence-corrected chi connectivity index (χ2v) is 11.9. The number of anilines is 2. The van der Waals surface area contributed by atoms with Crippen molar-refractivity contribution in [3.8, 4) is 29.6 Å². The van der Waals surface area contributed by atoms with Crippen LogP contribution < -0.4 is 15.4 Å². The third-order valence-corrected chi connectivity index (χ3v) is 9.24. The monoisotopic (exact) mass is 624 g/mol. The minimum atomic E-state index is -2.50. The molecule has 4 aromatic rings. The summed E-state index contributed by atoms with van der Waals surface area (Å²) in [6.45, 7) is -1.61. The molecule has 4 fully saturated rings. The van der Waals surface area contributed by atoms with Gasteiger partial charge in [-0.15, -0.1) is 6.42 Å². The molecule has 2 N–H and O–H groups in total. The minimum absolute atomic E-state index is 0.00913. The first-order valence-electron chi connectivity index (χ1n) is 15.6. The summed E-state index contributed by atoms with van der Waals surface area (Å²) in [5.74, 6) is -1.37. The van der Waals surface area contributed by atoms with Gasteiger partial charge in [0.15, 0.2) is 23.6 Å². The Morgan fingerprint density at radius 1 is 1.18 bits per heavy atom. The molecule has 1 aliphatic carbocycles. The molecule has 8 rings (SSSR count). The molecule has 5 atom stereocenters. The van der Waals surface area contributed by atoms with E-state index in [1.54, 1.807) is 9.80 Å². The van der Waals surface area contributed by atoms with Crippen LogP contribution in [0, 0.1) is 29.8 Å². The van der Waals surface area contributed by atoms with Gasteiger partial charge in [-0.2, -0.15) is 9.97 Å². The Morgan fingerprint density at radius 2 is 2.02 bits per heavy atom. The number of aromatic nitrogens is 3. The number of halogens is 5. The maximum atomic E-state index is 16.8. The maximum absolute atomic E-state index is 16.8. The molecular weight excluding hydrogens is 595 g/mol. The number of fused-ring (bicyclic) bond motifs is 4. The second-order valence-electron chi connectivity index (χ2n) is 11.9. The van der Waals surface area contributed by atoms with Crippen molar-refractivity contribution in [2.75, 3.05) is 43.4 Å². The number of ether oxygens (including phenoxy) is 2. The van der Waals surface area contributed by atoms with Crippen molar-refractivity contribution in [3.05, 3.63) is 47.4 Å². The average Bonchev–Trinajstić information content (AvgIpc) is 3.32. The molecule has 1 saturated carbocycles. The number of alkyl halides is 2. The number of morpholine rings is 1. The maximum Gasteiger partial charge on any atom is 0.319 e. The Bertz CT molecular complexity index is 2030. The standard InChI is InChI=1S/C32H27F5N6O2/c1-2-18-22-15(9-21(34)23(18)35)8-17(38)10-19(22)26-24(36)27-20(12-39-26)30(43-6-7-44-29-25(37)28(29)43)41-31(40-27)45-14-32-4-3-5-42(32)13-16(33)11-32/h1,8-10,12,16,25,28-29H,3-7,11,13-14,38H2/t16-,25+,28+,29-,32+/m1/s1/i14D2. The van der Waals surface area contributed by atoms with Crippen molar-refractivity contribution in [1.82, 2.24) is 19.9 Å². The van der Waals surface area contributed by atoms with E-state index < -0.39 is 65.6 Å². The molecule has 232 valence electrons. The number of nitrogen functional groups attached to an aromatic ring is 1. The molecule has 4 aliphatic rings. The zero-order chi connectivity index (χ0) is 33.0. The fourth-order valence-corrected chi connectivity index (χ4v) is 7.16. The molecule has 0 spiro atoms. The smallest absolute Gasteiger partial charge is 0.319 e. The van der Waals surface area contributed by atoms with Crippen LogP contribution in [0.15, 0.2) is 24.4 Å². The fraction of sp³-hybridized carbons (Fsp3) is 0.406. The number of pyridine rings is 1. The Balaban J connectivity index is 1.33. The van der Waals surface area contributed by atoms with Gasteiger partial charge >= 0.3 is 6.01 Å². The molecule has 0 unspecified atom stereocenters. The molecule has 45 heavy (non-hydrogen) atoms. The van der Waals surface area contributed by atoms with Gasteiger partial charge in [0.2, 0.25) is 0 Å². The largest absolute Gasteiger partial charge is 0.461 e. The highest BCUT2D eigenvalue weighted by atomic mass is 19.2. The number of hydrogen-bond donors (Lipinski definition) is 1. The molecule has 5 heterocycles. The van der Waals surface area contributed by atoms with Crippen LogP contribution in [0.25, 0.3) is 32.9 Å². The lowest BCUT2D eigenvalue weighted by atomic mass is 9.95. The predicted octanol–water partition coefficient (Wildman–Crippen LogP) is 4.71. The Hall–Kier alpha value is -4.28. The first kappa shape index (κ1) is 26.0. The normalized spacial score (nSPS) is 28.5. The quantitative estimate of drug-likeness (QED) is 0.194. The summed E-state index contributed by atoms with van der Waals surface area (Å²) in [5.41, 5.74) is 3.66. The molecule has 0 radical (unpaired) electrons. The van der Waals surface area contributed by atoms with Gasteiger partial charge < -0.3 is 20.1 Å². The first-order valence-corrected chi connectivity index (χ1v) is 14.6. The summed E-state index contributed by atoms with van der Waals surface area (Å²) in [5, 5.41) is 0.163. The van der Waals surface area contributed by atoms with E-state index in [9.17, 15) is 17.6 Å². The van der Waals surface area contributed by atoms with Crippen LogP contribution in [-0.2, 0) is 4.74 Å². The summed E-state index contributed by atoms with van der Waals surface area (Å²) in [7, 11) is 0. The van der Waals surface area contributed by atoms with E-state index in [2.05, 4.69) is 20.9 Å². The summed E-state index contributed by atoms with van der Waals surface area (Å²) in [6.07, 6.45) is 4.37. The number of nitrogens with two attached hydrogens (primary N) is 1. The fourth-order valence-electron chi connectivity index (χ4n) is 7.16. The summed E-state index contributed by atoms with van der Waals surface area (Å²) >= 11 is 0. The van der Waals surface area contributed by atoms with Crippen LogP contribution in [0.1, 0.15) is 27.6 Å². The topological polar surface area (TPSA) is 89.6 Å². The van der Waals surface area contributed by atoms with E-state index in [0.717, 1.165) is 6.07 Å². The SMILES string of the molecule is [2H]C([2H])(Oc1nc(N2CCO[C@@H]3[C@@H](F)[C@@H]32)c2cnc(-c3cc(N)cc4cc(F)c(F)c(C#C)c34)c(F)c2n1)[C@@]12CCCN1C[C@H](F)C2. The van der Waals surface area contributed by atoms with Gasteiger partial charge in [0.1, 0.15) is 35.9 Å². The molecule has 13 heteroatoms. The Morgan fingerprint density at radius 3 is 2.84 bits per heavy atom. The molecule has 3 saturated heterocycles. The molecule has 8 nitrogen and oxygen atoms in total. The van der Waals surface area contributed by atoms with Crippen molar-refractivity contribution in [2.45, 2.75) is 49.3 Å². The number of hydrogen-bond acceptors (Lipinski definition) is 8. The van der Waals surface area contributed by atoms with Crippen molar-refractivity contribution in [1.29, 1.82) is 0 Å². The van der Waals surface area contributed by atoms with Crippen LogP contribution in [0.4, 0.5) is 33.5 Å². The van der Waals surface area contributed by atoms with E-state index in [1.165, 1.54) is 18.3 Å². The van der Waals surface area contributed by atoms with Gasteiger partial charge in [-0.1, -0.05) is 5.92 Å². The van der Waals surface area contributed by atoms with Gasteiger partial charge in [0, 0.05) is 42.3 Å². The second kappa shape index (κ2) is 10.1. The summed E-state index contributed by atoms with van der Waals surface area (Å²) in [6, 6.07) is 2.30. The molecule has 3 aliphatic heterocycles. The lowest BCUT2D eigenvalue weighted by molar-refractivity contribution is 0.0912. The predicted molar refractivity (Wildman–Crippen MR) is 157 cm³/mol. The van der Waals surface area contributed by atoms with Gasteiger partial charge in [-0.25, -0.2) is 22.0 Å². The van der Waals surface area contributed by atoms with Gasteiger partial charge in [-0.05, 0) is 43.0 Å². The lowest BCUT2D eigenvalue weighted by Crippen LogP contribution is -2.43. The molecule has 2 aromatic carbocycles. The Kier molecular flexibility index (Phi) is 5.84. The highest BCUT2D eigenvalue weighted by Crippen LogP contribution is 2.44. The number of rotatable bonds is 5. The van der Waals surface area contributed by atoms with E-state index in [1.807, 2.05) is 0 Å². The van der Waals surface area contributed by atoms with Crippen LogP contribution in [0.5, 0.6) is 6.01 Å². The third-order valence-electron chi connectivity index (χ3n) is 9.24.